The van der Waals surface area contributed by atoms with Crippen molar-refractivity contribution >= 4 is 41.0 Å². The number of anilines is 2. The molecule has 0 aliphatic carbocycles. The second-order valence-corrected chi connectivity index (χ2v) is 11.6. The summed E-state index contributed by atoms with van der Waals surface area (Å²) in [4.78, 5) is 18.5. The Kier molecular flexibility index (Phi) is 10.6. The lowest BCUT2D eigenvalue weighted by Gasteiger charge is -2.38. The SMILES string of the molecule is CC(C)C[C@H]1CN(/C(=C\N2CCCCC2)Nc2ccc(N(C=O)CCc3ccc(Cl)cc3Cl)cc2)CCN1. The molecule has 2 saturated heterocycles. The zero-order valence-corrected chi connectivity index (χ0v) is 24.1. The molecule has 38 heavy (non-hydrogen) atoms. The number of halogens is 2. The van der Waals surface area contributed by atoms with E-state index in [0.29, 0.717) is 35.0 Å². The molecule has 1 atom stereocenters. The molecule has 0 unspecified atom stereocenters. The minimum absolute atomic E-state index is 0.493. The molecule has 206 valence electrons. The molecule has 1 amide bonds. The van der Waals surface area contributed by atoms with Gasteiger partial charge in [-0.2, -0.15) is 0 Å². The molecule has 4 rings (SSSR count). The number of nitrogens with one attached hydrogen (secondary N) is 2. The largest absolute Gasteiger partial charge is 0.374 e. The van der Waals surface area contributed by atoms with E-state index in [2.05, 4.69) is 52.6 Å². The molecule has 0 bridgehead atoms. The fraction of sp³-hybridized carbons (Fsp3) is 0.500. The van der Waals surface area contributed by atoms with E-state index in [9.17, 15) is 4.79 Å². The Hall–Kier alpha value is -2.41. The molecule has 8 heteroatoms. The van der Waals surface area contributed by atoms with E-state index in [-0.39, 0.29) is 0 Å². The van der Waals surface area contributed by atoms with Crippen LogP contribution in [0, 0.1) is 5.92 Å². The molecule has 0 aromatic heterocycles. The van der Waals surface area contributed by atoms with Crippen molar-refractivity contribution in [1.82, 2.24) is 15.1 Å². The molecule has 2 aromatic rings. The molecule has 0 radical (unpaired) electrons. The van der Waals surface area contributed by atoms with Gasteiger partial charge in [-0.15, -0.1) is 0 Å². The maximum atomic E-state index is 11.9. The van der Waals surface area contributed by atoms with E-state index in [0.717, 1.165) is 61.9 Å². The molecule has 2 aliphatic heterocycles. The molecular formula is C30H41Cl2N5O. The first-order valence-electron chi connectivity index (χ1n) is 13.9. The third kappa shape index (κ3) is 8.29. The van der Waals surface area contributed by atoms with Crippen LogP contribution in [0.2, 0.25) is 10.0 Å². The summed E-state index contributed by atoms with van der Waals surface area (Å²) in [5.41, 5.74) is 2.85. The molecule has 2 N–H and O–H groups in total. The summed E-state index contributed by atoms with van der Waals surface area (Å²) in [7, 11) is 0. The normalized spacial score (nSPS) is 18.6. The van der Waals surface area contributed by atoms with Crippen LogP contribution in [-0.4, -0.2) is 61.5 Å². The van der Waals surface area contributed by atoms with Crippen molar-refractivity contribution in [3.8, 4) is 0 Å². The van der Waals surface area contributed by atoms with Gasteiger partial charge in [0.25, 0.3) is 0 Å². The van der Waals surface area contributed by atoms with Gasteiger partial charge in [-0.1, -0.05) is 43.1 Å². The van der Waals surface area contributed by atoms with Crippen molar-refractivity contribution in [1.29, 1.82) is 0 Å². The molecule has 2 aromatic carbocycles. The van der Waals surface area contributed by atoms with Crippen molar-refractivity contribution in [2.45, 2.75) is 52.0 Å². The maximum Gasteiger partial charge on any atom is 0.214 e. The van der Waals surface area contributed by atoms with Gasteiger partial charge in [0.1, 0.15) is 5.82 Å². The van der Waals surface area contributed by atoms with Crippen molar-refractivity contribution in [3.63, 3.8) is 0 Å². The molecule has 2 fully saturated rings. The summed E-state index contributed by atoms with van der Waals surface area (Å²) in [5, 5.41) is 8.64. The fourth-order valence-electron chi connectivity index (χ4n) is 5.28. The Bertz CT molecular complexity index is 1070. The minimum Gasteiger partial charge on any atom is -0.374 e. The molecule has 2 aliphatic rings. The zero-order valence-electron chi connectivity index (χ0n) is 22.6. The van der Waals surface area contributed by atoms with Crippen LogP contribution in [0.1, 0.15) is 45.1 Å². The van der Waals surface area contributed by atoms with Crippen LogP contribution < -0.4 is 15.5 Å². The van der Waals surface area contributed by atoms with Crippen molar-refractivity contribution in [3.05, 3.63) is 70.1 Å². The Labute approximate surface area is 238 Å². The lowest BCUT2D eigenvalue weighted by Crippen LogP contribution is -2.51. The van der Waals surface area contributed by atoms with Crippen LogP contribution >= 0.6 is 23.2 Å². The number of hydrogen-bond donors (Lipinski definition) is 2. The maximum absolute atomic E-state index is 11.9. The summed E-state index contributed by atoms with van der Waals surface area (Å²) >= 11 is 12.3. The quantitative estimate of drug-likeness (QED) is 0.321. The predicted molar refractivity (Wildman–Crippen MR) is 160 cm³/mol. The smallest absolute Gasteiger partial charge is 0.214 e. The molecule has 2 heterocycles. The van der Waals surface area contributed by atoms with Gasteiger partial charge in [0.2, 0.25) is 6.41 Å². The third-order valence-electron chi connectivity index (χ3n) is 7.28. The number of amides is 1. The first-order chi connectivity index (χ1) is 18.4. The summed E-state index contributed by atoms with van der Waals surface area (Å²) in [6, 6.07) is 14.1. The average molecular weight is 559 g/mol. The zero-order chi connectivity index (χ0) is 26.9. The van der Waals surface area contributed by atoms with Gasteiger partial charge in [-0.25, -0.2) is 0 Å². The Morgan fingerprint density at radius 3 is 2.55 bits per heavy atom. The number of likely N-dealkylation sites (tertiary alicyclic amines) is 1. The molecule has 6 nitrogen and oxygen atoms in total. The highest BCUT2D eigenvalue weighted by Crippen LogP contribution is 2.24. The van der Waals surface area contributed by atoms with E-state index >= 15 is 0 Å². The number of rotatable bonds is 11. The molecule has 0 spiro atoms. The van der Waals surface area contributed by atoms with Crippen molar-refractivity contribution in [2.75, 3.05) is 49.5 Å². The highest BCUT2D eigenvalue weighted by atomic mass is 35.5. The van der Waals surface area contributed by atoms with Gasteiger partial charge in [-0.05, 0) is 80.0 Å². The van der Waals surface area contributed by atoms with Crippen molar-refractivity contribution in [2.24, 2.45) is 5.92 Å². The van der Waals surface area contributed by atoms with Crippen molar-refractivity contribution < 1.29 is 4.79 Å². The van der Waals surface area contributed by atoms with Crippen LogP contribution in [0.5, 0.6) is 0 Å². The highest BCUT2D eigenvalue weighted by Gasteiger charge is 2.23. The highest BCUT2D eigenvalue weighted by molar-refractivity contribution is 6.35. The van der Waals surface area contributed by atoms with Crippen LogP contribution in [0.4, 0.5) is 11.4 Å². The summed E-state index contributed by atoms with van der Waals surface area (Å²) < 4.78 is 0. The third-order valence-corrected chi connectivity index (χ3v) is 7.87. The number of benzene rings is 2. The van der Waals surface area contributed by atoms with E-state index in [1.165, 1.54) is 25.7 Å². The number of carbonyl (C=O) groups is 1. The van der Waals surface area contributed by atoms with Gasteiger partial charge in [0.05, 0.1) is 0 Å². The Morgan fingerprint density at radius 2 is 1.87 bits per heavy atom. The Balaban J connectivity index is 1.44. The molecule has 0 saturated carbocycles. The Morgan fingerprint density at radius 1 is 1.11 bits per heavy atom. The second-order valence-electron chi connectivity index (χ2n) is 10.8. The van der Waals surface area contributed by atoms with Crippen LogP contribution in [0.3, 0.4) is 0 Å². The van der Waals surface area contributed by atoms with Gasteiger partial charge >= 0.3 is 0 Å². The summed E-state index contributed by atoms with van der Waals surface area (Å²) in [6.07, 6.45) is 8.83. The topological polar surface area (TPSA) is 50.9 Å². The van der Waals surface area contributed by atoms with Crippen LogP contribution in [0.25, 0.3) is 0 Å². The lowest BCUT2D eigenvalue weighted by molar-refractivity contribution is -0.107. The number of nitrogens with zero attached hydrogens (tertiary/aromatic N) is 3. The van der Waals surface area contributed by atoms with E-state index < -0.39 is 0 Å². The molecular weight excluding hydrogens is 517 g/mol. The van der Waals surface area contributed by atoms with Gasteiger partial charge in [0.15, 0.2) is 0 Å². The fourth-order valence-corrected chi connectivity index (χ4v) is 5.78. The summed E-state index contributed by atoms with van der Waals surface area (Å²) in [5.74, 6) is 1.82. The van der Waals surface area contributed by atoms with E-state index in [1.54, 1.807) is 11.0 Å². The summed E-state index contributed by atoms with van der Waals surface area (Å²) in [6.45, 7) is 10.3. The number of piperazine rings is 1. The predicted octanol–water partition coefficient (Wildman–Crippen LogP) is 6.22. The second kappa shape index (κ2) is 14.1. The average Bonchev–Trinajstić information content (AvgIpc) is 2.91. The first kappa shape index (κ1) is 28.6. The number of hydrogen-bond acceptors (Lipinski definition) is 5. The van der Waals surface area contributed by atoms with Gasteiger partial charge in [-0.3, -0.25) is 4.79 Å². The van der Waals surface area contributed by atoms with Crippen LogP contribution in [-0.2, 0) is 11.2 Å². The van der Waals surface area contributed by atoms with Gasteiger partial charge < -0.3 is 25.3 Å². The minimum atomic E-state index is 0.493. The first-order valence-corrected chi connectivity index (χ1v) is 14.6. The monoisotopic (exact) mass is 557 g/mol. The standard InChI is InChI=1S/C30H41Cl2N5O/c1-23(2)18-27-20-36(17-13-33-27)30(21-35-14-4-3-5-15-35)34-26-8-10-28(11-9-26)37(22-38)16-12-24-6-7-25(31)19-29(24)32/h6-11,19,21-23,27,33-34H,3-5,12-18,20H2,1-2H3/b30-21-/t27-/m0/s1. The lowest BCUT2D eigenvalue weighted by atomic mass is 10.0. The van der Waals surface area contributed by atoms with Crippen LogP contribution in [0.15, 0.2) is 54.5 Å². The number of carbonyl (C=O) groups excluding carboxylic acids is 1. The van der Waals surface area contributed by atoms with E-state index in [4.69, 9.17) is 23.2 Å². The van der Waals surface area contributed by atoms with E-state index in [1.807, 2.05) is 24.3 Å². The number of piperidine rings is 1. The van der Waals surface area contributed by atoms with Gasteiger partial charge in [0, 0.05) is 72.9 Å².